The first-order valence-electron chi connectivity index (χ1n) is 8.96. The molecule has 0 radical (unpaired) electrons. The van der Waals surface area contributed by atoms with E-state index in [0.717, 1.165) is 4.90 Å². The molecule has 13 heteroatoms. The van der Waals surface area contributed by atoms with E-state index in [4.69, 9.17) is 16.6 Å². The number of aliphatic carboxylic acids is 1. The predicted molar refractivity (Wildman–Crippen MR) is 104 cm³/mol. The lowest BCUT2D eigenvalue weighted by Crippen LogP contribution is -2.59. The van der Waals surface area contributed by atoms with Crippen LogP contribution in [-0.4, -0.2) is 87.3 Å². The van der Waals surface area contributed by atoms with Crippen molar-refractivity contribution in [3.05, 3.63) is 0 Å². The molecule has 0 aliphatic carbocycles. The van der Waals surface area contributed by atoms with Gasteiger partial charge < -0.3 is 37.2 Å². The number of carbonyl (C=O) groups excluding carboxylic acids is 4. The van der Waals surface area contributed by atoms with Gasteiger partial charge in [-0.3, -0.25) is 19.2 Å². The number of thiol groups is 1. The van der Waals surface area contributed by atoms with Gasteiger partial charge in [-0.1, -0.05) is 0 Å². The van der Waals surface area contributed by atoms with E-state index < -0.39 is 66.3 Å². The van der Waals surface area contributed by atoms with Crippen LogP contribution in [0.25, 0.3) is 0 Å². The number of likely N-dealkylation sites (tertiary alicyclic amines) is 1. The van der Waals surface area contributed by atoms with E-state index in [1.807, 2.05) is 0 Å². The van der Waals surface area contributed by atoms with Gasteiger partial charge in [0, 0.05) is 12.3 Å². The maximum atomic E-state index is 12.9. The topological polar surface area (TPSA) is 205 Å². The second-order valence-electron chi connectivity index (χ2n) is 6.78. The Kier molecular flexibility index (Phi) is 9.33. The Balaban J connectivity index is 2.93. The summed E-state index contributed by atoms with van der Waals surface area (Å²) in [4.78, 5) is 60.7. The molecule has 0 aromatic carbocycles. The Morgan fingerprint density at radius 3 is 2.34 bits per heavy atom. The number of nitrogens with zero attached hydrogens (tertiary/aromatic N) is 1. The number of amides is 4. The molecule has 1 saturated heterocycles. The van der Waals surface area contributed by atoms with Crippen LogP contribution in [0.2, 0.25) is 0 Å². The highest BCUT2D eigenvalue weighted by atomic mass is 32.1. The summed E-state index contributed by atoms with van der Waals surface area (Å²) in [5.74, 6) is -4.49. The van der Waals surface area contributed by atoms with Crippen LogP contribution in [-0.2, 0) is 24.0 Å². The Morgan fingerprint density at radius 2 is 1.86 bits per heavy atom. The fourth-order valence-corrected chi connectivity index (χ4v) is 3.05. The first-order chi connectivity index (χ1) is 13.5. The fourth-order valence-electron chi connectivity index (χ4n) is 2.88. The molecule has 5 atom stereocenters. The third-order valence-electron chi connectivity index (χ3n) is 4.44. The van der Waals surface area contributed by atoms with E-state index in [0.29, 0.717) is 6.42 Å². The number of aliphatic hydroxyl groups excluding tert-OH is 1. The fraction of sp³-hybridized carbons (Fsp3) is 0.688. The molecule has 5 unspecified atom stereocenters. The van der Waals surface area contributed by atoms with Gasteiger partial charge >= 0.3 is 5.97 Å². The summed E-state index contributed by atoms with van der Waals surface area (Å²) in [5, 5.41) is 23.6. The van der Waals surface area contributed by atoms with Crippen molar-refractivity contribution >= 4 is 42.2 Å². The third kappa shape index (κ3) is 6.87. The first-order valence-corrected chi connectivity index (χ1v) is 9.59. The number of aliphatic hydroxyl groups is 1. The predicted octanol–water partition coefficient (Wildman–Crippen LogP) is -3.46. The molecule has 1 rings (SSSR count). The molecule has 8 N–H and O–H groups in total. The molecule has 0 aromatic heterocycles. The van der Waals surface area contributed by atoms with Crippen molar-refractivity contribution in [2.45, 2.75) is 56.5 Å². The van der Waals surface area contributed by atoms with Crippen molar-refractivity contribution in [3.8, 4) is 0 Å². The Bertz CT molecular complexity index is 660. The van der Waals surface area contributed by atoms with Gasteiger partial charge in [0.2, 0.25) is 23.6 Å². The molecule has 12 nitrogen and oxygen atoms in total. The number of carbonyl (C=O) groups is 5. The van der Waals surface area contributed by atoms with Gasteiger partial charge in [0.25, 0.3) is 0 Å². The van der Waals surface area contributed by atoms with Crippen LogP contribution in [0.15, 0.2) is 0 Å². The number of primary amides is 1. The van der Waals surface area contributed by atoms with E-state index in [2.05, 4.69) is 23.3 Å². The summed E-state index contributed by atoms with van der Waals surface area (Å²) < 4.78 is 0. The van der Waals surface area contributed by atoms with E-state index in [1.54, 1.807) is 0 Å². The highest BCUT2D eigenvalue weighted by Gasteiger charge is 2.40. The lowest BCUT2D eigenvalue weighted by Gasteiger charge is -2.30. The van der Waals surface area contributed by atoms with Crippen molar-refractivity contribution < 1.29 is 34.2 Å². The van der Waals surface area contributed by atoms with Gasteiger partial charge in [-0.15, -0.1) is 0 Å². The first kappa shape index (κ1) is 24.7. The molecule has 1 fully saturated rings. The largest absolute Gasteiger partial charge is 0.480 e. The van der Waals surface area contributed by atoms with Crippen LogP contribution in [0.5, 0.6) is 0 Å². The van der Waals surface area contributed by atoms with Crippen LogP contribution in [0.4, 0.5) is 0 Å². The average molecular weight is 433 g/mol. The van der Waals surface area contributed by atoms with Gasteiger partial charge in [-0.05, 0) is 19.8 Å². The zero-order valence-corrected chi connectivity index (χ0v) is 16.8. The van der Waals surface area contributed by atoms with Crippen LogP contribution in [0.1, 0.15) is 26.2 Å². The minimum absolute atomic E-state index is 0.0255. The summed E-state index contributed by atoms with van der Waals surface area (Å²) in [6.07, 6.45) is -1.18. The van der Waals surface area contributed by atoms with Crippen LogP contribution in [0, 0.1) is 0 Å². The van der Waals surface area contributed by atoms with Crippen molar-refractivity contribution in [2.75, 3.05) is 12.3 Å². The van der Waals surface area contributed by atoms with Crippen LogP contribution < -0.4 is 22.1 Å². The van der Waals surface area contributed by atoms with E-state index in [9.17, 15) is 29.1 Å². The molecule has 1 aliphatic heterocycles. The lowest BCUT2D eigenvalue weighted by molar-refractivity contribution is -0.146. The van der Waals surface area contributed by atoms with Gasteiger partial charge in [-0.2, -0.15) is 12.6 Å². The molecule has 164 valence electrons. The number of rotatable bonds is 10. The summed E-state index contributed by atoms with van der Waals surface area (Å²) in [6, 6.07) is -4.88. The zero-order chi connectivity index (χ0) is 22.3. The van der Waals surface area contributed by atoms with Crippen molar-refractivity contribution in [1.29, 1.82) is 0 Å². The van der Waals surface area contributed by atoms with Gasteiger partial charge in [0.05, 0.1) is 18.6 Å². The highest BCUT2D eigenvalue weighted by Crippen LogP contribution is 2.20. The number of nitrogens with two attached hydrogens (primary N) is 2. The SMILES string of the molecule is CC(O)C(NC(=O)C(N)CS)C(=O)N1CCCC1C(=O)NC(CC(N)=O)C(=O)O. The summed E-state index contributed by atoms with van der Waals surface area (Å²) in [5.41, 5.74) is 10.6. The molecule has 0 spiro atoms. The van der Waals surface area contributed by atoms with Gasteiger partial charge in [-0.25, -0.2) is 4.79 Å². The third-order valence-corrected chi connectivity index (χ3v) is 4.83. The molecule has 1 aliphatic rings. The standard InChI is InChI=1S/C16H27N5O7S/c1-7(22)12(20-13(24)8(17)6-29)15(26)21-4-2-3-10(21)14(25)19-9(16(27)28)5-11(18)23/h7-10,12,22,29H,2-6,17H2,1H3,(H2,18,23)(H,19,25)(H,20,24)(H,27,28). The Hall–Kier alpha value is -2.38. The molecule has 0 aromatic rings. The summed E-state index contributed by atoms with van der Waals surface area (Å²) >= 11 is 3.90. The minimum atomic E-state index is -1.53. The van der Waals surface area contributed by atoms with Crippen molar-refractivity contribution in [2.24, 2.45) is 11.5 Å². The normalized spacial score (nSPS) is 20.3. The van der Waals surface area contributed by atoms with Crippen LogP contribution >= 0.6 is 12.6 Å². The molecule has 29 heavy (non-hydrogen) atoms. The van der Waals surface area contributed by atoms with Crippen molar-refractivity contribution in [3.63, 3.8) is 0 Å². The molecular formula is C16H27N5O7S. The quantitative estimate of drug-likeness (QED) is 0.172. The van der Waals surface area contributed by atoms with Gasteiger partial charge in [0.15, 0.2) is 0 Å². The van der Waals surface area contributed by atoms with E-state index >= 15 is 0 Å². The smallest absolute Gasteiger partial charge is 0.326 e. The molecule has 0 bridgehead atoms. The second-order valence-corrected chi connectivity index (χ2v) is 7.14. The Morgan fingerprint density at radius 1 is 1.24 bits per heavy atom. The Labute approximate surface area is 172 Å². The number of nitrogens with one attached hydrogen (secondary N) is 2. The molecule has 4 amide bonds. The van der Waals surface area contributed by atoms with E-state index in [-0.39, 0.29) is 18.7 Å². The number of hydrogen-bond acceptors (Lipinski definition) is 8. The number of carboxylic acids is 1. The minimum Gasteiger partial charge on any atom is -0.480 e. The van der Waals surface area contributed by atoms with Crippen LogP contribution in [0.3, 0.4) is 0 Å². The number of hydrogen-bond donors (Lipinski definition) is 7. The summed E-state index contributed by atoms with van der Waals surface area (Å²) in [7, 11) is 0. The molecular weight excluding hydrogens is 406 g/mol. The number of carboxylic acid groups (broad SMARTS) is 1. The maximum Gasteiger partial charge on any atom is 0.326 e. The monoisotopic (exact) mass is 433 g/mol. The van der Waals surface area contributed by atoms with Crippen molar-refractivity contribution in [1.82, 2.24) is 15.5 Å². The van der Waals surface area contributed by atoms with E-state index in [1.165, 1.54) is 6.92 Å². The second kappa shape index (κ2) is 11.0. The molecule has 1 heterocycles. The van der Waals surface area contributed by atoms with Gasteiger partial charge in [0.1, 0.15) is 18.1 Å². The zero-order valence-electron chi connectivity index (χ0n) is 15.9. The summed E-state index contributed by atoms with van der Waals surface area (Å²) in [6.45, 7) is 1.47. The lowest BCUT2D eigenvalue weighted by atomic mass is 10.1. The average Bonchev–Trinajstić information content (AvgIpc) is 3.13. The maximum absolute atomic E-state index is 12.9. The highest BCUT2D eigenvalue weighted by molar-refractivity contribution is 7.80. The molecule has 0 saturated carbocycles.